The standard InChI is InChI=1S/C14H21O2PS/c1-2-18-17(16,13-9-5-3-6-10-13)14(15)11-7-4-8-12-14/h3,5-6,9-10,15H,2,4,7-8,11-12H2,1H3. The van der Waals surface area contributed by atoms with Gasteiger partial charge in [0, 0.05) is 5.30 Å². The van der Waals surface area contributed by atoms with Crippen LogP contribution in [0.2, 0.25) is 0 Å². The normalized spacial score (nSPS) is 22.3. The summed E-state index contributed by atoms with van der Waals surface area (Å²) in [7, 11) is 0. The predicted octanol–water partition coefficient (Wildman–Crippen LogP) is 4.00. The van der Waals surface area contributed by atoms with E-state index in [1.54, 1.807) is 0 Å². The first-order chi connectivity index (χ1) is 8.62. The highest BCUT2D eigenvalue weighted by atomic mass is 32.7. The molecular formula is C14H21O2PS. The van der Waals surface area contributed by atoms with Crippen molar-refractivity contribution in [3.05, 3.63) is 30.3 Å². The van der Waals surface area contributed by atoms with Crippen molar-refractivity contribution in [3.8, 4) is 0 Å². The summed E-state index contributed by atoms with van der Waals surface area (Å²) in [5.74, 6) is 0.772. The van der Waals surface area contributed by atoms with E-state index in [2.05, 4.69) is 0 Å². The Morgan fingerprint density at radius 2 is 1.83 bits per heavy atom. The second-order valence-electron chi connectivity index (χ2n) is 4.85. The molecule has 2 rings (SSSR count). The van der Waals surface area contributed by atoms with Crippen molar-refractivity contribution in [2.45, 2.75) is 44.4 Å². The molecule has 0 amide bonds. The molecule has 1 aromatic carbocycles. The zero-order valence-corrected chi connectivity index (χ0v) is 12.6. The van der Waals surface area contributed by atoms with Crippen molar-refractivity contribution in [2.24, 2.45) is 0 Å². The van der Waals surface area contributed by atoms with Crippen LogP contribution < -0.4 is 5.30 Å². The quantitative estimate of drug-likeness (QED) is 0.849. The van der Waals surface area contributed by atoms with Crippen LogP contribution in [0.25, 0.3) is 0 Å². The monoisotopic (exact) mass is 284 g/mol. The summed E-state index contributed by atoms with van der Waals surface area (Å²) in [5.41, 5.74) is 0. The minimum atomic E-state index is -2.79. The van der Waals surface area contributed by atoms with Crippen LogP contribution in [-0.2, 0) is 4.57 Å². The van der Waals surface area contributed by atoms with Gasteiger partial charge in [-0.25, -0.2) is 0 Å². The third-order valence-electron chi connectivity index (χ3n) is 3.61. The molecule has 1 atom stereocenters. The highest BCUT2D eigenvalue weighted by Crippen LogP contribution is 2.69. The van der Waals surface area contributed by atoms with Crippen molar-refractivity contribution < 1.29 is 9.67 Å². The zero-order valence-electron chi connectivity index (χ0n) is 10.8. The van der Waals surface area contributed by atoms with Gasteiger partial charge in [0.1, 0.15) is 5.34 Å². The summed E-state index contributed by atoms with van der Waals surface area (Å²) < 4.78 is 13.4. The smallest absolute Gasteiger partial charge is 0.197 e. The molecule has 0 bridgehead atoms. The Hall–Kier alpha value is -0.240. The number of rotatable bonds is 4. The van der Waals surface area contributed by atoms with E-state index in [1.807, 2.05) is 37.3 Å². The molecule has 1 aliphatic rings. The maximum atomic E-state index is 13.4. The minimum absolute atomic E-state index is 0.673. The van der Waals surface area contributed by atoms with E-state index in [0.29, 0.717) is 12.8 Å². The van der Waals surface area contributed by atoms with Gasteiger partial charge in [-0.05, 0) is 18.6 Å². The van der Waals surface area contributed by atoms with Gasteiger partial charge in [-0.3, -0.25) is 0 Å². The van der Waals surface area contributed by atoms with E-state index < -0.39 is 11.7 Å². The van der Waals surface area contributed by atoms with Crippen LogP contribution in [0.3, 0.4) is 0 Å². The molecular weight excluding hydrogens is 263 g/mol. The Balaban J connectivity index is 2.40. The highest BCUT2D eigenvalue weighted by Gasteiger charge is 2.48. The Bertz CT molecular complexity index is 427. The van der Waals surface area contributed by atoms with Gasteiger partial charge in [-0.2, -0.15) is 0 Å². The van der Waals surface area contributed by atoms with Crippen LogP contribution in [0, 0.1) is 0 Å². The van der Waals surface area contributed by atoms with E-state index in [4.69, 9.17) is 0 Å². The van der Waals surface area contributed by atoms with Crippen LogP contribution in [0.4, 0.5) is 0 Å². The maximum Gasteiger partial charge on any atom is 0.197 e. The van der Waals surface area contributed by atoms with Gasteiger partial charge in [0.2, 0.25) is 0 Å². The Morgan fingerprint density at radius 3 is 2.39 bits per heavy atom. The van der Waals surface area contributed by atoms with Crippen LogP contribution in [0.15, 0.2) is 30.3 Å². The molecule has 1 unspecified atom stereocenters. The molecule has 0 radical (unpaired) electrons. The Kier molecular flexibility index (Phi) is 4.58. The van der Waals surface area contributed by atoms with E-state index in [0.717, 1.165) is 30.3 Å². The van der Waals surface area contributed by atoms with Crippen molar-refractivity contribution in [1.82, 2.24) is 0 Å². The van der Waals surface area contributed by atoms with Gasteiger partial charge >= 0.3 is 0 Å². The topological polar surface area (TPSA) is 37.3 Å². The first-order valence-corrected chi connectivity index (χ1v) is 9.95. The SMILES string of the molecule is CCSP(=O)(c1ccccc1)C1(O)CCCCC1. The fraction of sp³-hybridized carbons (Fsp3) is 0.571. The lowest BCUT2D eigenvalue weighted by molar-refractivity contribution is 0.0848. The fourth-order valence-electron chi connectivity index (χ4n) is 2.65. The first-order valence-electron chi connectivity index (χ1n) is 6.65. The summed E-state index contributed by atoms with van der Waals surface area (Å²) in [5, 5.41) is 10.7. The van der Waals surface area contributed by atoms with Crippen molar-refractivity contribution in [1.29, 1.82) is 0 Å². The number of benzene rings is 1. The molecule has 18 heavy (non-hydrogen) atoms. The van der Waals surface area contributed by atoms with Crippen LogP contribution in [0.1, 0.15) is 39.0 Å². The first kappa shape index (κ1) is 14.2. The average Bonchev–Trinajstić information content (AvgIpc) is 2.40. The van der Waals surface area contributed by atoms with Gasteiger partial charge in [0.05, 0.1) is 0 Å². The predicted molar refractivity (Wildman–Crippen MR) is 79.8 cm³/mol. The minimum Gasteiger partial charge on any atom is -0.381 e. The summed E-state index contributed by atoms with van der Waals surface area (Å²) >= 11 is 1.44. The average molecular weight is 284 g/mol. The summed E-state index contributed by atoms with van der Waals surface area (Å²) in [6.45, 7) is 2.01. The summed E-state index contributed by atoms with van der Waals surface area (Å²) in [4.78, 5) is 0. The van der Waals surface area contributed by atoms with E-state index >= 15 is 0 Å². The third-order valence-corrected chi connectivity index (χ3v) is 10.3. The fourth-order valence-corrected chi connectivity index (χ4v) is 8.53. The third kappa shape index (κ3) is 2.54. The molecule has 0 aromatic heterocycles. The lowest BCUT2D eigenvalue weighted by atomic mass is 9.97. The van der Waals surface area contributed by atoms with E-state index in [1.165, 1.54) is 11.4 Å². The molecule has 100 valence electrons. The molecule has 1 aliphatic carbocycles. The Labute approximate surface area is 113 Å². The van der Waals surface area contributed by atoms with Gasteiger partial charge in [-0.15, -0.1) is 0 Å². The number of hydrogen-bond acceptors (Lipinski definition) is 3. The van der Waals surface area contributed by atoms with Gasteiger partial charge in [0.25, 0.3) is 0 Å². The molecule has 0 spiro atoms. The zero-order chi connectivity index (χ0) is 13.1. The van der Waals surface area contributed by atoms with Crippen molar-refractivity contribution in [3.63, 3.8) is 0 Å². The largest absolute Gasteiger partial charge is 0.381 e. The molecule has 1 saturated carbocycles. The van der Waals surface area contributed by atoms with E-state index in [9.17, 15) is 9.67 Å². The number of aliphatic hydroxyl groups is 1. The highest BCUT2D eigenvalue weighted by molar-refractivity contribution is 8.60. The number of hydrogen-bond donors (Lipinski definition) is 1. The second kappa shape index (κ2) is 5.81. The molecule has 1 aromatic rings. The van der Waals surface area contributed by atoms with Gasteiger partial charge < -0.3 is 9.67 Å². The maximum absolute atomic E-state index is 13.4. The second-order valence-corrected chi connectivity index (χ2v) is 10.5. The van der Waals surface area contributed by atoms with Crippen LogP contribution in [-0.4, -0.2) is 16.2 Å². The molecule has 4 heteroatoms. The van der Waals surface area contributed by atoms with Crippen LogP contribution >= 0.6 is 17.7 Å². The summed E-state index contributed by atoms with van der Waals surface area (Å²) in [6.07, 6.45) is 1.67. The molecule has 2 nitrogen and oxygen atoms in total. The molecule has 0 aliphatic heterocycles. The molecule has 0 saturated heterocycles. The molecule has 1 N–H and O–H groups in total. The van der Waals surface area contributed by atoms with Crippen LogP contribution in [0.5, 0.6) is 0 Å². The Morgan fingerprint density at radius 1 is 1.22 bits per heavy atom. The molecule has 1 fully saturated rings. The summed E-state index contributed by atoms with van der Waals surface area (Å²) in [6, 6.07) is 9.54. The van der Waals surface area contributed by atoms with Gasteiger partial charge in [-0.1, -0.05) is 67.9 Å². The molecule has 0 heterocycles. The lowest BCUT2D eigenvalue weighted by Gasteiger charge is -2.38. The van der Waals surface area contributed by atoms with Gasteiger partial charge in [0.15, 0.2) is 6.34 Å². The van der Waals surface area contributed by atoms with Crippen molar-refractivity contribution >= 4 is 23.0 Å². The van der Waals surface area contributed by atoms with Crippen molar-refractivity contribution in [2.75, 3.05) is 5.75 Å². The van der Waals surface area contributed by atoms with E-state index in [-0.39, 0.29) is 0 Å². The lowest BCUT2D eigenvalue weighted by Crippen LogP contribution is -2.34.